The van der Waals surface area contributed by atoms with Crippen LogP contribution in [-0.2, 0) is 51.2 Å². The van der Waals surface area contributed by atoms with Gasteiger partial charge < -0.3 is 32.9 Å². The summed E-state index contributed by atoms with van der Waals surface area (Å²) in [7, 11) is 0. The van der Waals surface area contributed by atoms with Crippen LogP contribution in [0.2, 0.25) is 0 Å². The van der Waals surface area contributed by atoms with E-state index in [-0.39, 0.29) is 84.1 Å². The van der Waals surface area contributed by atoms with E-state index in [4.69, 9.17) is 0 Å². The van der Waals surface area contributed by atoms with Gasteiger partial charge in [-0.2, -0.15) is 0 Å². The number of hydrogen-bond acceptors (Lipinski definition) is 0. The van der Waals surface area contributed by atoms with Crippen molar-refractivity contribution in [2.75, 3.05) is 0 Å². The minimum absolute atomic E-state index is 0. The summed E-state index contributed by atoms with van der Waals surface area (Å²) in [5.41, 5.74) is 0. The van der Waals surface area contributed by atoms with Crippen LogP contribution in [0.1, 0.15) is 0 Å². The van der Waals surface area contributed by atoms with Gasteiger partial charge in [0.05, 0.1) is 0 Å². The minimum atomic E-state index is 0. The molecule has 0 aliphatic heterocycles. The zero-order valence-electron chi connectivity index (χ0n) is 4.06. The van der Waals surface area contributed by atoms with Gasteiger partial charge in [-0.1, -0.05) is 0 Å². The van der Waals surface area contributed by atoms with Gasteiger partial charge in [0.15, 0.2) is 0 Å². The summed E-state index contributed by atoms with van der Waals surface area (Å²) in [5.74, 6) is 0. The van der Waals surface area contributed by atoms with Crippen LogP contribution in [-0.4, -0.2) is 32.9 Å². The molecule has 0 aromatic carbocycles. The second-order valence-electron chi connectivity index (χ2n) is 0. The van der Waals surface area contributed by atoms with Crippen molar-refractivity contribution in [2.45, 2.75) is 0 Å². The molecule has 0 amide bonds. The van der Waals surface area contributed by atoms with E-state index in [1.165, 1.54) is 0 Å². The minimum Gasteiger partial charge on any atom is -0.412 e. The van der Waals surface area contributed by atoms with Gasteiger partial charge in [0.1, 0.15) is 0 Å². The van der Waals surface area contributed by atoms with Crippen molar-refractivity contribution in [3.8, 4) is 0 Å². The first-order valence-electron chi connectivity index (χ1n) is 0. The first-order valence-corrected chi connectivity index (χ1v) is 0. The average Bonchev–Trinajstić information content (AvgIpc) is 0. The van der Waals surface area contributed by atoms with Gasteiger partial charge in [-0.05, 0) is 0 Å². The molecule has 0 bridgehead atoms. The maximum Gasteiger partial charge on any atom is 0 e. The van der Waals surface area contributed by atoms with Gasteiger partial charge in [-0.15, -0.1) is 0 Å². The van der Waals surface area contributed by atoms with Gasteiger partial charge in [-0.3, -0.25) is 0 Å². The summed E-state index contributed by atoms with van der Waals surface area (Å²) in [6.45, 7) is 0. The molecule has 0 fully saturated rings. The topological polar surface area (TPSA) is 189 Å². The standard InChI is InChI=1S/3Fe.6H2O/h;;;6*1H2. The third-order valence-electron chi connectivity index (χ3n) is 0. The molecule has 0 aliphatic carbocycles. The molecule has 0 aromatic rings. The van der Waals surface area contributed by atoms with Crippen LogP contribution in [0.25, 0.3) is 0 Å². The summed E-state index contributed by atoms with van der Waals surface area (Å²) in [5, 5.41) is 0. The van der Waals surface area contributed by atoms with Crippen molar-refractivity contribution in [3.05, 3.63) is 0 Å². The maximum atomic E-state index is 0. The third kappa shape index (κ3) is 287. The third-order valence-corrected chi connectivity index (χ3v) is 0. The molecule has 72 valence electrons. The Morgan fingerprint density at radius 1 is 0.222 bits per heavy atom. The van der Waals surface area contributed by atoms with E-state index in [0.29, 0.717) is 0 Å². The fourth-order valence-corrected chi connectivity index (χ4v) is 0. The second-order valence-corrected chi connectivity index (χ2v) is 0. The Morgan fingerprint density at radius 2 is 0.222 bits per heavy atom. The van der Waals surface area contributed by atoms with Gasteiger partial charge in [-0.25, -0.2) is 0 Å². The first kappa shape index (κ1) is 515. The summed E-state index contributed by atoms with van der Waals surface area (Å²) < 4.78 is 0. The van der Waals surface area contributed by atoms with Crippen LogP contribution < -0.4 is 0 Å². The Bertz CT molecular complexity index is 8.26. The molecule has 0 rings (SSSR count). The van der Waals surface area contributed by atoms with Crippen molar-refractivity contribution >= 4 is 0 Å². The molecule has 0 aromatic heterocycles. The van der Waals surface area contributed by atoms with Gasteiger partial charge in [0.25, 0.3) is 0 Å². The van der Waals surface area contributed by atoms with Crippen LogP contribution in [0.15, 0.2) is 0 Å². The summed E-state index contributed by atoms with van der Waals surface area (Å²) in [6.07, 6.45) is 0. The molecule has 0 radical (unpaired) electrons. The monoisotopic (exact) mass is 276 g/mol. The van der Waals surface area contributed by atoms with Crippen molar-refractivity contribution in [3.63, 3.8) is 0 Å². The van der Waals surface area contributed by atoms with Crippen molar-refractivity contribution in [2.24, 2.45) is 0 Å². The van der Waals surface area contributed by atoms with E-state index in [9.17, 15) is 0 Å². The molecular formula is H12Fe3O6. The Morgan fingerprint density at radius 3 is 0.222 bits per heavy atom. The molecule has 0 saturated heterocycles. The second kappa shape index (κ2) is 371. The predicted octanol–water partition coefficient (Wildman–Crippen LogP) is -4.96. The van der Waals surface area contributed by atoms with Crippen LogP contribution in [0.4, 0.5) is 0 Å². The molecule has 0 saturated carbocycles. The van der Waals surface area contributed by atoms with Crippen molar-refractivity contribution < 1.29 is 84.1 Å². The maximum absolute atomic E-state index is 0. The van der Waals surface area contributed by atoms with E-state index in [0.717, 1.165) is 0 Å². The Balaban J connectivity index is 0. The molecule has 0 aliphatic rings. The summed E-state index contributed by atoms with van der Waals surface area (Å²) in [4.78, 5) is 0. The fourth-order valence-electron chi connectivity index (χ4n) is 0. The zero-order chi connectivity index (χ0) is 0. The molecule has 12 N–H and O–H groups in total. The molecule has 9 heteroatoms. The molecule has 6 nitrogen and oxygen atoms in total. The van der Waals surface area contributed by atoms with Crippen molar-refractivity contribution in [1.29, 1.82) is 0 Å². The quantitative estimate of drug-likeness (QED) is 0.383. The largest absolute Gasteiger partial charge is 0.412 e. The van der Waals surface area contributed by atoms with E-state index in [2.05, 4.69) is 0 Å². The normalized spacial score (nSPS) is 0. The van der Waals surface area contributed by atoms with Crippen LogP contribution in [0, 0.1) is 0 Å². The smallest absolute Gasteiger partial charge is 0 e. The van der Waals surface area contributed by atoms with Crippen LogP contribution in [0.5, 0.6) is 0 Å². The van der Waals surface area contributed by atoms with E-state index >= 15 is 0 Å². The molecule has 0 heterocycles. The first-order chi connectivity index (χ1) is 0. The number of rotatable bonds is 0. The summed E-state index contributed by atoms with van der Waals surface area (Å²) in [6, 6.07) is 0. The summed E-state index contributed by atoms with van der Waals surface area (Å²) >= 11 is 0. The predicted molar refractivity (Wildman–Crippen MR) is 21.7 cm³/mol. The van der Waals surface area contributed by atoms with Crippen LogP contribution >= 0.6 is 0 Å². The van der Waals surface area contributed by atoms with Gasteiger partial charge in [0.2, 0.25) is 0 Å². The van der Waals surface area contributed by atoms with E-state index in [1.54, 1.807) is 0 Å². The molecule has 0 spiro atoms. The average molecular weight is 276 g/mol. The number of hydrogen-bond donors (Lipinski definition) is 0. The van der Waals surface area contributed by atoms with Crippen molar-refractivity contribution in [1.82, 2.24) is 0 Å². The van der Waals surface area contributed by atoms with Gasteiger partial charge >= 0.3 is 0 Å². The van der Waals surface area contributed by atoms with Crippen LogP contribution in [0.3, 0.4) is 0 Å². The molecule has 0 atom stereocenters. The Hall–Kier alpha value is 1.32. The molecular weight excluding hydrogens is 264 g/mol. The zero-order valence-corrected chi connectivity index (χ0v) is 7.37. The molecule has 0 unspecified atom stereocenters. The Kier molecular flexibility index (Phi) is 21200. The fraction of sp³-hybridized carbons (Fsp3) is 0. The Labute approximate surface area is 84.0 Å². The van der Waals surface area contributed by atoms with E-state index in [1.807, 2.05) is 0 Å². The van der Waals surface area contributed by atoms with Gasteiger partial charge in [0, 0.05) is 51.2 Å². The van der Waals surface area contributed by atoms with E-state index < -0.39 is 0 Å². The molecule has 9 heavy (non-hydrogen) atoms. The SMILES string of the molecule is O.O.O.O.O.O.[Fe].[Fe].[Fe].